The number of aliphatic hydroxyl groups excluding tert-OH is 5. The fraction of sp³-hybridized carbons (Fsp3) is 0.833. The van der Waals surface area contributed by atoms with Crippen molar-refractivity contribution >= 4 is 6.29 Å². The van der Waals surface area contributed by atoms with E-state index in [0.717, 1.165) is 0 Å². The standard InChI is InChI=1S/C6H12O6.2ClH.2Na/c7-1-3(9)5(11)6(12)4(10)2-8;;;;/h1,3-6,8-12H,2H2;2*1H;;/q;;;2*+1/p-2/t3-,4+,5+,6+;;;;/m0..../s1. The van der Waals surface area contributed by atoms with E-state index in [1.54, 1.807) is 0 Å². The zero-order chi connectivity index (χ0) is 9.72. The molecule has 0 aromatic heterocycles. The largest absolute Gasteiger partial charge is 1.00 e. The van der Waals surface area contributed by atoms with E-state index in [1.807, 2.05) is 0 Å². The first kappa shape index (κ1) is 30.8. The van der Waals surface area contributed by atoms with Crippen LogP contribution in [0.1, 0.15) is 0 Å². The van der Waals surface area contributed by atoms with Gasteiger partial charge in [0, 0.05) is 0 Å². The van der Waals surface area contributed by atoms with Gasteiger partial charge in [-0.15, -0.1) is 0 Å². The van der Waals surface area contributed by atoms with Gasteiger partial charge in [-0.1, -0.05) is 0 Å². The topological polar surface area (TPSA) is 118 Å². The Morgan fingerprint density at radius 1 is 0.938 bits per heavy atom. The minimum Gasteiger partial charge on any atom is -1.00 e. The summed E-state index contributed by atoms with van der Waals surface area (Å²) in [7, 11) is 0. The summed E-state index contributed by atoms with van der Waals surface area (Å²) in [6, 6.07) is 0. The van der Waals surface area contributed by atoms with Gasteiger partial charge in [-0.25, -0.2) is 0 Å². The van der Waals surface area contributed by atoms with E-state index in [2.05, 4.69) is 0 Å². The third kappa shape index (κ3) is 11.2. The number of rotatable bonds is 5. The van der Waals surface area contributed by atoms with Crippen molar-refractivity contribution < 1.29 is 114 Å². The molecule has 0 aliphatic rings. The van der Waals surface area contributed by atoms with Gasteiger partial charge in [-0.3, -0.25) is 0 Å². The Morgan fingerprint density at radius 2 is 1.31 bits per heavy atom. The molecule has 5 N–H and O–H groups in total. The third-order valence-electron chi connectivity index (χ3n) is 1.42. The fourth-order valence-corrected chi connectivity index (χ4v) is 0.618. The number of carbonyl (C=O) groups is 1. The molecule has 0 fully saturated rings. The van der Waals surface area contributed by atoms with Gasteiger partial charge in [0.15, 0.2) is 6.29 Å². The summed E-state index contributed by atoms with van der Waals surface area (Å²) in [6.45, 7) is -0.760. The first-order valence-electron chi connectivity index (χ1n) is 3.33. The summed E-state index contributed by atoms with van der Waals surface area (Å²) < 4.78 is 0. The van der Waals surface area contributed by atoms with Crippen molar-refractivity contribution in [1.29, 1.82) is 0 Å². The third-order valence-corrected chi connectivity index (χ3v) is 1.42. The normalized spacial score (nSPS) is 15.8. The Morgan fingerprint density at radius 3 is 1.56 bits per heavy atom. The molecular weight excluding hydrogens is 285 g/mol. The maximum Gasteiger partial charge on any atom is 1.00 e. The Balaban J connectivity index is -0.000000101. The van der Waals surface area contributed by atoms with Crippen molar-refractivity contribution in [3.8, 4) is 0 Å². The van der Waals surface area contributed by atoms with Crippen LogP contribution in [0, 0.1) is 0 Å². The van der Waals surface area contributed by atoms with Crippen LogP contribution in [0.4, 0.5) is 0 Å². The van der Waals surface area contributed by atoms with Crippen LogP contribution in [0.15, 0.2) is 0 Å². The maximum atomic E-state index is 9.90. The average Bonchev–Trinajstić information content (AvgIpc) is 2.12. The molecule has 0 spiro atoms. The van der Waals surface area contributed by atoms with Gasteiger partial charge in [0.1, 0.15) is 24.4 Å². The summed E-state index contributed by atoms with van der Waals surface area (Å²) >= 11 is 0. The minimum absolute atomic E-state index is 0. The van der Waals surface area contributed by atoms with E-state index in [9.17, 15) is 4.79 Å². The molecule has 0 saturated carbocycles. The quantitative estimate of drug-likeness (QED) is 0.254. The van der Waals surface area contributed by atoms with Gasteiger partial charge in [-0.05, 0) is 0 Å². The van der Waals surface area contributed by atoms with Crippen molar-refractivity contribution in [2.24, 2.45) is 0 Å². The van der Waals surface area contributed by atoms with Gasteiger partial charge in [0.2, 0.25) is 0 Å². The molecule has 0 unspecified atom stereocenters. The molecule has 0 aliphatic heterocycles. The van der Waals surface area contributed by atoms with Crippen LogP contribution in [0.5, 0.6) is 0 Å². The van der Waals surface area contributed by atoms with Gasteiger partial charge in [0.05, 0.1) is 6.61 Å². The SMILES string of the molecule is O=C[C@H](O)[C@@H](O)[C@H](O)[C@H](O)CO.[Cl-].[Cl-].[Na+].[Na+]. The van der Waals surface area contributed by atoms with E-state index in [1.165, 1.54) is 0 Å². The molecule has 0 heterocycles. The molecule has 0 radical (unpaired) electrons. The fourth-order valence-electron chi connectivity index (χ4n) is 0.618. The molecule has 0 aromatic carbocycles. The van der Waals surface area contributed by atoms with Crippen LogP contribution in [-0.2, 0) is 4.79 Å². The van der Waals surface area contributed by atoms with Crippen LogP contribution in [0.3, 0.4) is 0 Å². The molecule has 0 rings (SSSR count). The second kappa shape index (κ2) is 17.1. The number of halogens is 2. The summed E-state index contributed by atoms with van der Waals surface area (Å²) in [5.41, 5.74) is 0. The molecule has 0 aromatic rings. The number of hydrogen-bond donors (Lipinski definition) is 5. The predicted octanol–water partition coefficient (Wildman–Crippen LogP) is -15.4. The van der Waals surface area contributed by atoms with Gasteiger partial charge < -0.3 is 55.1 Å². The Hall–Kier alpha value is 2.05. The predicted molar refractivity (Wildman–Crippen MR) is 37.2 cm³/mol. The Labute approximate surface area is 150 Å². The van der Waals surface area contributed by atoms with Crippen molar-refractivity contribution in [2.75, 3.05) is 6.61 Å². The molecular formula is C6H12Cl2Na2O6. The second-order valence-electron chi connectivity index (χ2n) is 2.36. The van der Waals surface area contributed by atoms with Crippen LogP contribution < -0.4 is 83.9 Å². The van der Waals surface area contributed by atoms with Crippen molar-refractivity contribution in [3.63, 3.8) is 0 Å². The summed E-state index contributed by atoms with van der Waals surface area (Å²) in [5, 5.41) is 43.5. The van der Waals surface area contributed by atoms with Crippen LogP contribution >= 0.6 is 0 Å². The van der Waals surface area contributed by atoms with E-state index in [4.69, 9.17) is 25.5 Å². The molecule has 0 bridgehead atoms. The van der Waals surface area contributed by atoms with Gasteiger partial charge >= 0.3 is 59.1 Å². The van der Waals surface area contributed by atoms with E-state index >= 15 is 0 Å². The van der Waals surface area contributed by atoms with E-state index in [0.29, 0.717) is 0 Å². The molecule has 16 heavy (non-hydrogen) atoms. The smallest absolute Gasteiger partial charge is 1.00 e. The Kier molecular flexibility index (Phi) is 32.8. The molecule has 10 heteroatoms. The van der Waals surface area contributed by atoms with Crippen molar-refractivity contribution in [1.82, 2.24) is 0 Å². The minimum atomic E-state index is -1.79. The van der Waals surface area contributed by atoms with Crippen LogP contribution in [0.25, 0.3) is 0 Å². The zero-order valence-corrected chi connectivity index (χ0v) is 14.5. The van der Waals surface area contributed by atoms with Crippen molar-refractivity contribution in [2.45, 2.75) is 24.4 Å². The first-order valence-corrected chi connectivity index (χ1v) is 3.33. The van der Waals surface area contributed by atoms with Crippen molar-refractivity contribution in [3.05, 3.63) is 0 Å². The average molecular weight is 297 g/mol. The monoisotopic (exact) mass is 296 g/mol. The zero-order valence-electron chi connectivity index (χ0n) is 8.99. The number of hydrogen-bond acceptors (Lipinski definition) is 6. The van der Waals surface area contributed by atoms with Gasteiger partial charge in [0.25, 0.3) is 0 Å². The number of aldehydes is 1. The van der Waals surface area contributed by atoms with E-state index in [-0.39, 0.29) is 90.2 Å². The summed E-state index contributed by atoms with van der Waals surface area (Å²) in [5.74, 6) is 0. The summed E-state index contributed by atoms with van der Waals surface area (Å²) in [4.78, 5) is 9.90. The molecule has 0 aliphatic carbocycles. The number of aliphatic hydroxyl groups is 5. The molecule has 88 valence electrons. The first-order chi connectivity index (χ1) is 5.54. The Bertz CT molecular complexity index is 155. The molecule has 6 nitrogen and oxygen atoms in total. The molecule has 4 atom stereocenters. The maximum absolute atomic E-state index is 9.90. The summed E-state index contributed by atoms with van der Waals surface area (Å²) in [6.07, 6.45) is -6.84. The van der Waals surface area contributed by atoms with E-state index < -0.39 is 31.0 Å². The van der Waals surface area contributed by atoms with Gasteiger partial charge in [-0.2, -0.15) is 0 Å². The molecule has 0 saturated heterocycles. The second-order valence-corrected chi connectivity index (χ2v) is 2.36. The van der Waals surface area contributed by atoms with Crippen LogP contribution in [-0.4, -0.2) is 62.8 Å². The molecule has 0 amide bonds. The number of carbonyl (C=O) groups excluding carboxylic acids is 1. The van der Waals surface area contributed by atoms with Crippen LogP contribution in [0.2, 0.25) is 0 Å².